The van der Waals surface area contributed by atoms with Crippen LogP contribution in [0.4, 0.5) is 5.69 Å². The first-order valence-corrected chi connectivity index (χ1v) is 11.2. The number of rotatable bonds is 10. The van der Waals surface area contributed by atoms with Gasteiger partial charge >= 0.3 is 0 Å². The van der Waals surface area contributed by atoms with E-state index in [-0.39, 0.29) is 13.2 Å². The van der Waals surface area contributed by atoms with Gasteiger partial charge in [-0.1, -0.05) is 19.1 Å². The zero-order chi connectivity index (χ0) is 21.4. The van der Waals surface area contributed by atoms with Crippen LogP contribution < -0.4 is 19.1 Å². The summed E-state index contributed by atoms with van der Waals surface area (Å²) in [4.78, 5) is 12.5. The van der Waals surface area contributed by atoms with Crippen LogP contribution in [-0.4, -0.2) is 46.9 Å². The number of hydrogen-bond acceptors (Lipinski definition) is 5. The van der Waals surface area contributed by atoms with Gasteiger partial charge in [0.05, 0.1) is 25.6 Å². The lowest BCUT2D eigenvalue weighted by atomic mass is 10.2. The first-order chi connectivity index (χ1) is 13.8. The summed E-state index contributed by atoms with van der Waals surface area (Å²) < 4.78 is 36.4. The van der Waals surface area contributed by atoms with Crippen molar-refractivity contribution in [3.63, 3.8) is 0 Å². The molecule has 2 aromatic rings. The third-order valence-electron chi connectivity index (χ3n) is 4.42. The Hall–Kier alpha value is -2.74. The summed E-state index contributed by atoms with van der Waals surface area (Å²) in [6.45, 7) is 4.17. The molecule has 0 bridgehead atoms. The van der Waals surface area contributed by atoms with Gasteiger partial charge in [0.25, 0.3) is 0 Å². The fraction of sp³-hybridized carbons (Fsp3) is 0.381. The van der Waals surface area contributed by atoms with Crippen molar-refractivity contribution in [2.45, 2.75) is 26.3 Å². The minimum Gasteiger partial charge on any atom is -0.497 e. The predicted octanol–water partition coefficient (Wildman–Crippen LogP) is 2.61. The molecule has 0 aliphatic heterocycles. The molecule has 0 aromatic heterocycles. The minimum absolute atomic E-state index is 0.263. The largest absolute Gasteiger partial charge is 0.497 e. The van der Waals surface area contributed by atoms with Crippen molar-refractivity contribution in [1.29, 1.82) is 0 Å². The molecule has 0 saturated carbocycles. The van der Waals surface area contributed by atoms with Gasteiger partial charge in [-0.15, -0.1) is 0 Å². The Labute approximate surface area is 172 Å². The third-order valence-corrected chi connectivity index (χ3v) is 5.66. The van der Waals surface area contributed by atoms with E-state index in [1.165, 1.54) is 12.7 Å². The van der Waals surface area contributed by atoms with Crippen LogP contribution in [0, 0.1) is 0 Å². The van der Waals surface area contributed by atoms with Gasteiger partial charge in [0.15, 0.2) is 0 Å². The molecule has 1 atom stereocenters. The van der Waals surface area contributed by atoms with Crippen LogP contribution in [0.15, 0.2) is 48.5 Å². The summed E-state index contributed by atoms with van der Waals surface area (Å²) in [6, 6.07) is 13.4. The quantitative estimate of drug-likeness (QED) is 0.597. The molecule has 0 aliphatic carbocycles. The molecular formula is C21H28N2O5S. The number of benzene rings is 2. The molecule has 0 saturated heterocycles. The maximum absolute atomic E-state index is 12.5. The molecule has 8 heteroatoms. The molecular weight excluding hydrogens is 392 g/mol. The fourth-order valence-corrected chi connectivity index (χ4v) is 4.02. The number of carbonyl (C=O) groups is 1. The highest BCUT2D eigenvalue weighted by atomic mass is 32.2. The van der Waals surface area contributed by atoms with Gasteiger partial charge in [-0.05, 0) is 55.3 Å². The van der Waals surface area contributed by atoms with Gasteiger partial charge in [-0.2, -0.15) is 0 Å². The van der Waals surface area contributed by atoms with Crippen molar-refractivity contribution < 1.29 is 22.7 Å². The van der Waals surface area contributed by atoms with E-state index in [0.717, 1.165) is 22.7 Å². The van der Waals surface area contributed by atoms with Crippen molar-refractivity contribution in [1.82, 2.24) is 5.32 Å². The van der Waals surface area contributed by atoms with Crippen LogP contribution in [0.5, 0.6) is 11.5 Å². The standard InChI is InChI=1S/C21H28N2O5S/c1-5-17-6-10-20(11-7-17)28-15-14-22-21(24)16(2)23(29(4,25)26)18-8-12-19(27-3)13-9-18/h6-13,16H,5,14-15H2,1-4H3,(H,22,24). The predicted molar refractivity (Wildman–Crippen MR) is 114 cm³/mol. The van der Waals surface area contributed by atoms with Crippen LogP contribution in [0.25, 0.3) is 0 Å². The maximum atomic E-state index is 12.5. The van der Waals surface area contributed by atoms with Crippen LogP contribution in [-0.2, 0) is 21.2 Å². The van der Waals surface area contributed by atoms with E-state index in [1.54, 1.807) is 31.2 Å². The molecule has 158 valence electrons. The highest BCUT2D eigenvalue weighted by Crippen LogP contribution is 2.23. The number of hydrogen-bond donors (Lipinski definition) is 1. The summed E-state index contributed by atoms with van der Waals surface area (Å²) in [5.74, 6) is 0.917. The minimum atomic E-state index is -3.66. The molecule has 1 amide bonds. The fourth-order valence-electron chi connectivity index (χ4n) is 2.85. The number of sulfonamides is 1. The van der Waals surface area contributed by atoms with Gasteiger partial charge in [-0.25, -0.2) is 8.42 Å². The van der Waals surface area contributed by atoms with E-state index in [1.807, 2.05) is 24.3 Å². The topological polar surface area (TPSA) is 84.9 Å². The summed E-state index contributed by atoms with van der Waals surface area (Å²) in [6.07, 6.45) is 2.03. The van der Waals surface area contributed by atoms with Crippen LogP contribution in [0.3, 0.4) is 0 Å². The second-order valence-electron chi connectivity index (χ2n) is 6.57. The van der Waals surface area contributed by atoms with E-state index in [4.69, 9.17) is 9.47 Å². The summed E-state index contributed by atoms with van der Waals surface area (Å²) in [5.41, 5.74) is 1.61. The number of anilines is 1. The third kappa shape index (κ3) is 6.39. The second kappa shape index (κ2) is 10.2. The number of aryl methyl sites for hydroxylation is 1. The molecule has 0 spiro atoms. The van der Waals surface area contributed by atoms with Crippen molar-refractivity contribution in [3.05, 3.63) is 54.1 Å². The van der Waals surface area contributed by atoms with E-state index in [0.29, 0.717) is 11.4 Å². The molecule has 0 fully saturated rings. The van der Waals surface area contributed by atoms with Gasteiger partial charge in [0.2, 0.25) is 15.9 Å². The average molecular weight is 421 g/mol. The normalized spacial score (nSPS) is 12.1. The van der Waals surface area contributed by atoms with Crippen molar-refractivity contribution >= 4 is 21.6 Å². The SMILES string of the molecule is CCc1ccc(OCCNC(=O)C(C)N(c2ccc(OC)cc2)S(C)(=O)=O)cc1. The van der Waals surface area contributed by atoms with E-state index < -0.39 is 22.0 Å². The Bertz CT molecular complexity index is 896. The van der Waals surface area contributed by atoms with E-state index in [2.05, 4.69) is 12.2 Å². The summed E-state index contributed by atoms with van der Waals surface area (Å²) in [5, 5.41) is 2.73. The van der Waals surface area contributed by atoms with Gasteiger partial charge in [-0.3, -0.25) is 9.10 Å². The van der Waals surface area contributed by atoms with Gasteiger partial charge in [0, 0.05) is 0 Å². The van der Waals surface area contributed by atoms with Gasteiger partial charge in [0.1, 0.15) is 24.1 Å². The first-order valence-electron chi connectivity index (χ1n) is 9.39. The average Bonchev–Trinajstić information content (AvgIpc) is 2.71. The number of carbonyl (C=O) groups excluding carboxylic acids is 1. The lowest BCUT2D eigenvalue weighted by Crippen LogP contribution is -2.48. The Morgan fingerprint density at radius 2 is 1.66 bits per heavy atom. The smallest absolute Gasteiger partial charge is 0.243 e. The van der Waals surface area contributed by atoms with Crippen molar-refractivity contribution in [3.8, 4) is 11.5 Å². The monoisotopic (exact) mass is 420 g/mol. The Balaban J connectivity index is 1.95. The molecule has 2 aromatic carbocycles. The Morgan fingerprint density at radius 1 is 1.07 bits per heavy atom. The molecule has 1 unspecified atom stereocenters. The molecule has 2 rings (SSSR count). The molecule has 1 N–H and O–H groups in total. The van der Waals surface area contributed by atoms with Crippen LogP contribution >= 0.6 is 0 Å². The van der Waals surface area contributed by atoms with Crippen molar-refractivity contribution in [2.75, 3.05) is 30.8 Å². The van der Waals surface area contributed by atoms with Crippen LogP contribution in [0.1, 0.15) is 19.4 Å². The Morgan fingerprint density at radius 3 is 2.17 bits per heavy atom. The second-order valence-corrected chi connectivity index (χ2v) is 8.43. The van der Waals surface area contributed by atoms with Crippen molar-refractivity contribution in [2.24, 2.45) is 0 Å². The highest BCUT2D eigenvalue weighted by molar-refractivity contribution is 7.92. The first kappa shape index (κ1) is 22.5. The number of ether oxygens (including phenoxy) is 2. The zero-order valence-corrected chi connectivity index (χ0v) is 18.0. The molecule has 7 nitrogen and oxygen atoms in total. The van der Waals surface area contributed by atoms with E-state index >= 15 is 0 Å². The number of nitrogens with one attached hydrogen (secondary N) is 1. The lowest BCUT2D eigenvalue weighted by molar-refractivity contribution is -0.121. The number of nitrogens with zero attached hydrogens (tertiary/aromatic N) is 1. The molecule has 0 aliphatic rings. The Kier molecular flexibility index (Phi) is 7.90. The summed E-state index contributed by atoms with van der Waals surface area (Å²) in [7, 11) is -2.13. The molecule has 29 heavy (non-hydrogen) atoms. The van der Waals surface area contributed by atoms with Gasteiger partial charge < -0.3 is 14.8 Å². The number of amides is 1. The van der Waals surface area contributed by atoms with Crippen LogP contribution in [0.2, 0.25) is 0 Å². The maximum Gasteiger partial charge on any atom is 0.243 e. The summed E-state index contributed by atoms with van der Waals surface area (Å²) >= 11 is 0. The highest BCUT2D eigenvalue weighted by Gasteiger charge is 2.28. The number of methoxy groups -OCH3 is 1. The lowest BCUT2D eigenvalue weighted by Gasteiger charge is -2.28. The van der Waals surface area contributed by atoms with E-state index in [9.17, 15) is 13.2 Å². The zero-order valence-electron chi connectivity index (χ0n) is 17.2. The molecule has 0 heterocycles. The molecule has 0 radical (unpaired) electrons.